The van der Waals surface area contributed by atoms with Gasteiger partial charge in [0.1, 0.15) is 0 Å². The molecule has 0 saturated carbocycles. The summed E-state index contributed by atoms with van der Waals surface area (Å²) in [6.45, 7) is 0. The number of nitrogens with zero attached hydrogens (tertiary/aromatic N) is 2. The van der Waals surface area contributed by atoms with E-state index in [1.165, 1.54) is 76.1 Å². The third kappa shape index (κ3) is 39.8. The number of carbonyl (C=O) groups excluding carboxylic acids is 4. The van der Waals surface area contributed by atoms with E-state index in [0.29, 0.717) is 71.4 Å². The van der Waals surface area contributed by atoms with Crippen LogP contribution in [-0.4, -0.2) is 129 Å². The molecule has 8 aromatic rings. The Kier molecular flexibility index (Phi) is 50.3. The molecule has 0 aliphatic rings. The van der Waals surface area contributed by atoms with Gasteiger partial charge in [0.15, 0.2) is 46.5 Å². The lowest BCUT2D eigenvalue weighted by molar-refractivity contribution is -0.138. The van der Waals surface area contributed by atoms with E-state index in [-0.39, 0.29) is 75.2 Å². The van der Waals surface area contributed by atoms with Crippen molar-refractivity contribution in [3.05, 3.63) is 261 Å². The second-order valence-electron chi connectivity index (χ2n) is 27.4. The number of carboxylic acids is 4. The van der Waals surface area contributed by atoms with Gasteiger partial charge in [0.2, 0.25) is 32.1 Å². The summed E-state index contributed by atoms with van der Waals surface area (Å²) < 4.78 is 139. The van der Waals surface area contributed by atoms with Gasteiger partial charge in [-0.3, -0.25) is 38.4 Å². The van der Waals surface area contributed by atoms with Crippen LogP contribution in [0.2, 0.25) is 0 Å². The zero-order valence-electron chi connectivity index (χ0n) is 66.5. The monoisotopic (exact) mass is 1820 g/mol. The van der Waals surface area contributed by atoms with E-state index < -0.39 is 110 Å². The molecule has 2 aromatic heterocycles. The molecule has 4 unspecified atom stereocenters. The van der Waals surface area contributed by atoms with Crippen LogP contribution in [0, 0.1) is 58.2 Å². The largest absolute Gasteiger partial charge is 0.481 e. The van der Waals surface area contributed by atoms with Crippen molar-refractivity contribution in [1.82, 2.24) is 9.13 Å². The van der Waals surface area contributed by atoms with E-state index >= 15 is 0 Å². The molecular formula is C88H100F10N2O12S8. The molecule has 0 aliphatic carbocycles. The minimum atomic E-state index is -2.30. The summed E-state index contributed by atoms with van der Waals surface area (Å²) in [4.78, 5) is 92.4. The smallest absolute Gasteiger partial charge is 0.303 e. The van der Waals surface area contributed by atoms with Gasteiger partial charge < -0.3 is 29.6 Å². The fraction of sp³-hybridized carbons (Fsp3) is 0.409. The standard InChI is InChI=1S/C24H32O2S2.C22H18F10O2S2.C22H24O4S2.C20H26N2O4S2/c25-24(26)14-8-7-13-23(28-20-16-22-11-5-2-6-12-22)17-19-27-18-15-21-9-3-1-4-10-21;23-13-10(14(24)18(28)21(31)17(13)27)7-35-6-5-9(3-1-2-4-12(33)34)36-8-11-15(25)19(29)22(32)20(30)16(11)26;23-20(24)14-8-7-13-19(28-22(26)18-11-5-2-6-12-18)15-16-27-21(25)17-9-3-1-4-10-17;1-21-12-5-8-16(21)19(25)27-14-11-15(7-3-4-10-18(23)24)28-20(26)17-9-6-13-22(17)2/h1-6,9-12,23H,7-8,13-20H2,(H,25,26);9H,1-8H2,(H,33,34);1-6,9-12,19H,7-8,13-16H2,(H,23,24);5-6,8-9,12-13,15H,3-4,7,10-11,14H2,1-2H3,(H,23,24). The number of aryl methyl sites for hydroxylation is 4. The van der Waals surface area contributed by atoms with Crippen LogP contribution in [0.1, 0.15) is 192 Å². The molecule has 4 atom stereocenters. The van der Waals surface area contributed by atoms with Crippen LogP contribution in [-0.2, 0) is 57.6 Å². The molecule has 0 radical (unpaired) electrons. The molecule has 8 rings (SSSR count). The zero-order chi connectivity index (χ0) is 87.7. The highest BCUT2D eigenvalue weighted by Gasteiger charge is 2.29. The van der Waals surface area contributed by atoms with Crippen LogP contribution in [0.15, 0.2) is 158 Å². The fourth-order valence-electron chi connectivity index (χ4n) is 11.7. The van der Waals surface area contributed by atoms with E-state index in [4.69, 9.17) is 20.4 Å². The third-order valence-electron chi connectivity index (χ3n) is 18.3. The van der Waals surface area contributed by atoms with Crippen molar-refractivity contribution < 1.29 is 103 Å². The van der Waals surface area contributed by atoms with E-state index in [1.807, 2.05) is 86.8 Å². The Hall–Kier alpha value is -7.46. The molecule has 4 N–H and O–H groups in total. The fourth-order valence-corrected chi connectivity index (χ4v) is 21.0. The van der Waals surface area contributed by atoms with Crippen LogP contribution in [0.4, 0.5) is 43.9 Å². The Morgan fingerprint density at radius 3 is 1.03 bits per heavy atom. The van der Waals surface area contributed by atoms with Crippen LogP contribution < -0.4 is 0 Å². The number of rotatable bonds is 50. The van der Waals surface area contributed by atoms with Crippen LogP contribution in [0.3, 0.4) is 0 Å². The molecule has 0 spiro atoms. The van der Waals surface area contributed by atoms with E-state index in [2.05, 4.69) is 72.4 Å². The first-order chi connectivity index (χ1) is 57.6. The molecular weight excluding hydrogens is 1720 g/mol. The van der Waals surface area contributed by atoms with Crippen LogP contribution in [0.25, 0.3) is 0 Å². The van der Waals surface area contributed by atoms with Gasteiger partial charge in [-0.1, -0.05) is 194 Å². The number of hydrogen-bond donors (Lipinski definition) is 4. The lowest BCUT2D eigenvalue weighted by Crippen LogP contribution is -2.12. The van der Waals surface area contributed by atoms with Crippen molar-refractivity contribution in [1.29, 1.82) is 0 Å². The number of benzene rings is 6. The van der Waals surface area contributed by atoms with E-state index in [0.717, 1.165) is 93.5 Å². The number of carbonyl (C=O) groups is 8. The number of halogens is 10. The first-order valence-electron chi connectivity index (χ1n) is 39.0. The second-order valence-corrected chi connectivity index (χ2v) is 37.1. The zero-order valence-corrected chi connectivity index (χ0v) is 73.1. The van der Waals surface area contributed by atoms with Crippen molar-refractivity contribution in [3.8, 4) is 0 Å². The molecule has 32 heteroatoms. The van der Waals surface area contributed by atoms with Gasteiger partial charge >= 0.3 is 23.9 Å². The Labute approximate surface area is 728 Å². The highest BCUT2D eigenvalue weighted by atomic mass is 32.2. The Bertz CT molecular complexity index is 4410. The van der Waals surface area contributed by atoms with E-state index in [9.17, 15) is 82.3 Å². The minimum Gasteiger partial charge on any atom is -0.481 e. The van der Waals surface area contributed by atoms with Gasteiger partial charge in [0.05, 0.1) is 11.4 Å². The average molecular weight is 1820 g/mol. The topological polar surface area (TPSA) is 227 Å². The normalized spacial score (nSPS) is 12.0. The van der Waals surface area contributed by atoms with E-state index in [1.54, 1.807) is 45.5 Å². The maximum Gasteiger partial charge on any atom is 0.303 e. The van der Waals surface area contributed by atoms with Gasteiger partial charge in [-0.25, -0.2) is 43.9 Å². The molecule has 0 fully saturated rings. The number of aliphatic carboxylic acids is 4. The summed E-state index contributed by atoms with van der Waals surface area (Å²) in [6.07, 6.45) is 17.2. The van der Waals surface area contributed by atoms with Crippen molar-refractivity contribution >= 4 is 138 Å². The maximum atomic E-state index is 13.9. The summed E-state index contributed by atoms with van der Waals surface area (Å²) >= 11 is 10.9. The first-order valence-corrected chi connectivity index (χ1v) is 47.1. The summed E-state index contributed by atoms with van der Waals surface area (Å²) in [6, 6.07) is 46.9. The lowest BCUT2D eigenvalue weighted by Gasteiger charge is -2.17. The SMILES string of the molecule is Cn1cccc1C(=O)SCCC(CCCCC(=O)O)SC(=O)c1cccn1C.O=C(O)CCCCC(CCSC(=O)c1ccccc1)SC(=O)c1ccccc1.O=C(O)CCCCC(CCSCCc1ccccc1)SCCc1ccccc1.O=C(O)CCCCC(CCSCc1c(F)c(F)c(F)c(F)c1F)SCc1c(F)c(F)c(F)c(F)c1F. The Morgan fingerprint density at radius 2 is 0.633 bits per heavy atom. The Morgan fingerprint density at radius 1 is 0.308 bits per heavy atom. The molecule has 0 bridgehead atoms. The summed E-state index contributed by atoms with van der Waals surface area (Å²) in [5.74, 6) is -20.5. The van der Waals surface area contributed by atoms with Crippen molar-refractivity contribution in [2.75, 3.05) is 34.5 Å². The highest BCUT2D eigenvalue weighted by molar-refractivity contribution is 8.15. The minimum absolute atomic E-state index is 0.00879. The molecule has 2 heterocycles. The first kappa shape index (κ1) is 103. The molecule has 0 amide bonds. The number of aromatic nitrogens is 2. The van der Waals surface area contributed by atoms with Gasteiger partial charge in [-0.15, -0.1) is 0 Å². The van der Waals surface area contributed by atoms with Crippen molar-refractivity contribution in [2.45, 2.75) is 174 Å². The molecule has 0 aliphatic heterocycles. The number of thioether (sulfide) groups is 8. The summed E-state index contributed by atoms with van der Waals surface area (Å²) in [7, 11) is 3.68. The predicted molar refractivity (Wildman–Crippen MR) is 469 cm³/mol. The summed E-state index contributed by atoms with van der Waals surface area (Å²) in [5.41, 5.74) is 3.40. The maximum absolute atomic E-state index is 13.9. The quantitative estimate of drug-likeness (QED) is 0.0120. The Balaban J connectivity index is 0.000000286. The van der Waals surface area contributed by atoms with Crippen LogP contribution in [0.5, 0.6) is 0 Å². The predicted octanol–water partition coefficient (Wildman–Crippen LogP) is 23.7. The molecule has 0 saturated heterocycles. The number of unbranched alkanes of at least 4 members (excludes halogenated alkanes) is 4. The number of carboxylic acid groups (broad SMARTS) is 4. The molecule has 14 nitrogen and oxygen atoms in total. The summed E-state index contributed by atoms with van der Waals surface area (Å²) in [5, 5.41) is 35.5. The highest BCUT2D eigenvalue weighted by Crippen LogP contribution is 2.35. The van der Waals surface area contributed by atoms with Crippen LogP contribution >= 0.6 is 94.1 Å². The van der Waals surface area contributed by atoms with Crippen molar-refractivity contribution in [3.63, 3.8) is 0 Å². The second kappa shape index (κ2) is 58.6. The van der Waals surface area contributed by atoms with Gasteiger partial charge in [0, 0.05) is 118 Å². The average Bonchev–Trinajstić information content (AvgIpc) is 0.812. The molecule has 6 aromatic carbocycles. The molecule has 652 valence electrons. The van der Waals surface area contributed by atoms with Gasteiger partial charge in [-0.05, 0) is 148 Å². The van der Waals surface area contributed by atoms with Gasteiger partial charge in [0.25, 0.3) is 0 Å². The molecule has 120 heavy (non-hydrogen) atoms. The third-order valence-corrected chi connectivity index (χ3v) is 27.5. The van der Waals surface area contributed by atoms with Crippen molar-refractivity contribution in [2.24, 2.45) is 14.1 Å². The van der Waals surface area contributed by atoms with Gasteiger partial charge in [-0.2, -0.15) is 47.0 Å². The number of hydrogen-bond acceptors (Lipinski definition) is 16. The lowest BCUT2D eigenvalue weighted by atomic mass is 10.1.